The van der Waals surface area contributed by atoms with Gasteiger partial charge in [0.2, 0.25) is 5.82 Å². The number of hydrogen-bond acceptors (Lipinski definition) is 7. The number of aromatic nitrogens is 2. The molecule has 0 unspecified atom stereocenters. The molecule has 4 aromatic rings. The van der Waals surface area contributed by atoms with Crippen LogP contribution < -0.4 is 4.90 Å². The fourth-order valence-corrected chi connectivity index (χ4v) is 4.84. The average molecular weight is 458 g/mol. The standard InChI is InChI=1S/C24H18N4O4S/c1-2-12-27-19-11-10-15(14-21(19)33-20-9-4-3-8-18(20)24(27)29)22-25-23(32-26-22)16-6-5-7-17(13-16)28(30)31/h3-11,13-14H,2,12H2,1H3. The summed E-state index contributed by atoms with van der Waals surface area (Å²) in [7, 11) is 0. The summed E-state index contributed by atoms with van der Waals surface area (Å²) in [5.74, 6) is 0.550. The molecule has 9 heteroatoms. The molecule has 0 fully saturated rings. The third-order valence-corrected chi connectivity index (χ3v) is 6.39. The Labute approximate surface area is 193 Å². The molecule has 164 valence electrons. The molecule has 1 amide bonds. The van der Waals surface area contributed by atoms with Crippen molar-refractivity contribution in [3.05, 3.63) is 82.4 Å². The first-order valence-electron chi connectivity index (χ1n) is 10.4. The molecule has 1 aliphatic heterocycles. The van der Waals surface area contributed by atoms with E-state index in [9.17, 15) is 14.9 Å². The van der Waals surface area contributed by atoms with Crippen LogP contribution in [0.25, 0.3) is 22.8 Å². The Hall–Kier alpha value is -3.98. The van der Waals surface area contributed by atoms with E-state index in [2.05, 4.69) is 10.1 Å². The molecule has 3 aromatic carbocycles. The molecule has 0 saturated carbocycles. The van der Waals surface area contributed by atoms with Crippen molar-refractivity contribution in [2.45, 2.75) is 23.1 Å². The quantitative estimate of drug-likeness (QED) is 0.274. The van der Waals surface area contributed by atoms with Crippen LogP contribution in [0.4, 0.5) is 11.4 Å². The van der Waals surface area contributed by atoms with Gasteiger partial charge in [-0.25, -0.2) is 0 Å². The van der Waals surface area contributed by atoms with Gasteiger partial charge in [0, 0.05) is 39.6 Å². The van der Waals surface area contributed by atoms with Crippen molar-refractivity contribution in [2.24, 2.45) is 0 Å². The van der Waals surface area contributed by atoms with Crippen LogP contribution in [0.2, 0.25) is 0 Å². The highest BCUT2D eigenvalue weighted by Gasteiger charge is 2.27. The SMILES string of the molecule is CCCN1C(=O)c2ccccc2Sc2cc(-c3noc(-c4cccc([N+](=O)[O-])c4)n3)ccc21. The van der Waals surface area contributed by atoms with Crippen molar-refractivity contribution >= 4 is 29.0 Å². The monoisotopic (exact) mass is 458 g/mol. The minimum Gasteiger partial charge on any atom is -0.334 e. The van der Waals surface area contributed by atoms with Gasteiger partial charge in [0.1, 0.15) is 0 Å². The number of non-ortho nitro benzene ring substituents is 1. The lowest BCUT2D eigenvalue weighted by Gasteiger charge is -2.22. The first-order valence-corrected chi connectivity index (χ1v) is 11.2. The number of nitrogens with zero attached hydrogens (tertiary/aromatic N) is 4. The van der Waals surface area contributed by atoms with Crippen LogP contribution >= 0.6 is 11.8 Å². The number of carbonyl (C=O) groups is 1. The predicted molar refractivity (Wildman–Crippen MR) is 124 cm³/mol. The predicted octanol–water partition coefficient (Wildman–Crippen LogP) is 5.83. The van der Waals surface area contributed by atoms with Gasteiger partial charge in [-0.1, -0.05) is 42.0 Å². The van der Waals surface area contributed by atoms with Crippen LogP contribution in [0.5, 0.6) is 0 Å². The summed E-state index contributed by atoms with van der Waals surface area (Å²) in [5, 5.41) is 15.1. The summed E-state index contributed by atoms with van der Waals surface area (Å²) in [6.07, 6.45) is 0.831. The molecule has 0 bridgehead atoms. The van der Waals surface area contributed by atoms with E-state index >= 15 is 0 Å². The number of nitro groups is 1. The smallest absolute Gasteiger partial charge is 0.270 e. The van der Waals surface area contributed by atoms with E-state index in [0.717, 1.165) is 27.5 Å². The number of hydrogen-bond donors (Lipinski definition) is 0. The Bertz CT molecular complexity index is 1380. The van der Waals surface area contributed by atoms with Crippen molar-refractivity contribution in [1.82, 2.24) is 10.1 Å². The summed E-state index contributed by atoms with van der Waals surface area (Å²) < 4.78 is 5.39. The third-order valence-electron chi connectivity index (χ3n) is 5.27. The number of anilines is 1. The summed E-state index contributed by atoms with van der Waals surface area (Å²) in [4.78, 5) is 31.9. The zero-order valence-corrected chi connectivity index (χ0v) is 18.4. The van der Waals surface area contributed by atoms with Gasteiger partial charge in [-0.05, 0) is 42.8 Å². The van der Waals surface area contributed by atoms with E-state index in [1.807, 2.05) is 54.3 Å². The summed E-state index contributed by atoms with van der Waals surface area (Å²) in [6, 6.07) is 19.4. The second-order valence-electron chi connectivity index (χ2n) is 7.47. The van der Waals surface area contributed by atoms with Crippen LogP contribution in [-0.4, -0.2) is 27.5 Å². The Kier molecular flexibility index (Phi) is 5.39. The van der Waals surface area contributed by atoms with Crippen molar-refractivity contribution in [3.63, 3.8) is 0 Å². The maximum atomic E-state index is 13.2. The first-order chi connectivity index (χ1) is 16.0. The van der Waals surface area contributed by atoms with E-state index in [-0.39, 0.29) is 17.5 Å². The van der Waals surface area contributed by atoms with Crippen molar-refractivity contribution in [1.29, 1.82) is 0 Å². The van der Waals surface area contributed by atoms with Crippen LogP contribution in [0.1, 0.15) is 23.7 Å². The molecule has 1 aliphatic rings. The molecule has 0 N–H and O–H groups in total. The zero-order valence-electron chi connectivity index (χ0n) is 17.6. The van der Waals surface area contributed by atoms with Crippen molar-refractivity contribution in [2.75, 3.05) is 11.4 Å². The minimum absolute atomic E-state index is 0.0148. The van der Waals surface area contributed by atoms with Crippen LogP contribution in [-0.2, 0) is 0 Å². The fraction of sp³-hybridized carbons (Fsp3) is 0.125. The van der Waals surface area contributed by atoms with Gasteiger partial charge >= 0.3 is 0 Å². The van der Waals surface area contributed by atoms with Gasteiger partial charge in [0.25, 0.3) is 17.5 Å². The van der Waals surface area contributed by atoms with E-state index in [1.165, 1.54) is 23.9 Å². The summed E-state index contributed by atoms with van der Waals surface area (Å²) >= 11 is 1.53. The van der Waals surface area contributed by atoms with E-state index < -0.39 is 4.92 Å². The molecule has 2 heterocycles. The number of nitro benzene ring substituents is 1. The van der Waals surface area contributed by atoms with E-state index in [1.54, 1.807) is 12.1 Å². The lowest BCUT2D eigenvalue weighted by molar-refractivity contribution is -0.384. The number of carbonyl (C=O) groups excluding carboxylic acids is 1. The molecule has 0 saturated heterocycles. The molecular weight excluding hydrogens is 440 g/mol. The van der Waals surface area contributed by atoms with E-state index in [4.69, 9.17) is 4.52 Å². The second kappa shape index (κ2) is 8.51. The highest BCUT2D eigenvalue weighted by atomic mass is 32.2. The molecule has 0 aliphatic carbocycles. The van der Waals surface area contributed by atoms with Crippen LogP contribution in [0, 0.1) is 10.1 Å². The van der Waals surface area contributed by atoms with Crippen LogP contribution in [0.15, 0.2) is 81.0 Å². The molecule has 0 atom stereocenters. The van der Waals surface area contributed by atoms with Crippen LogP contribution in [0.3, 0.4) is 0 Å². The van der Waals surface area contributed by atoms with Gasteiger partial charge in [-0.3, -0.25) is 14.9 Å². The van der Waals surface area contributed by atoms with Gasteiger partial charge in [-0.15, -0.1) is 0 Å². The number of benzene rings is 3. The number of amides is 1. The second-order valence-corrected chi connectivity index (χ2v) is 8.55. The van der Waals surface area contributed by atoms with Gasteiger partial charge in [-0.2, -0.15) is 4.98 Å². The fourth-order valence-electron chi connectivity index (χ4n) is 3.72. The summed E-state index contributed by atoms with van der Waals surface area (Å²) in [5.41, 5.74) is 2.68. The first kappa shape index (κ1) is 20.9. The largest absolute Gasteiger partial charge is 0.334 e. The molecular formula is C24H18N4O4S. The number of fused-ring (bicyclic) bond motifs is 2. The zero-order chi connectivity index (χ0) is 22.9. The Morgan fingerprint density at radius 3 is 2.70 bits per heavy atom. The number of rotatable bonds is 5. The molecule has 33 heavy (non-hydrogen) atoms. The molecule has 0 radical (unpaired) electrons. The average Bonchev–Trinajstić information content (AvgIpc) is 3.29. The van der Waals surface area contributed by atoms with Gasteiger partial charge < -0.3 is 9.42 Å². The Morgan fingerprint density at radius 1 is 1.03 bits per heavy atom. The molecule has 5 rings (SSSR count). The summed E-state index contributed by atoms with van der Waals surface area (Å²) in [6.45, 7) is 2.65. The maximum Gasteiger partial charge on any atom is 0.270 e. The van der Waals surface area contributed by atoms with E-state index in [0.29, 0.717) is 23.5 Å². The van der Waals surface area contributed by atoms with Crippen molar-refractivity contribution in [3.8, 4) is 22.8 Å². The maximum absolute atomic E-state index is 13.2. The highest BCUT2D eigenvalue weighted by Crippen LogP contribution is 2.43. The van der Waals surface area contributed by atoms with Gasteiger partial charge in [0.15, 0.2) is 0 Å². The third kappa shape index (κ3) is 3.87. The highest BCUT2D eigenvalue weighted by molar-refractivity contribution is 7.99. The van der Waals surface area contributed by atoms with Gasteiger partial charge in [0.05, 0.1) is 16.2 Å². The van der Waals surface area contributed by atoms with Crippen molar-refractivity contribution < 1.29 is 14.2 Å². The molecule has 1 aromatic heterocycles. The lowest BCUT2D eigenvalue weighted by Crippen LogP contribution is -2.31. The topological polar surface area (TPSA) is 102 Å². The lowest BCUT2D eigenvalue weighted by atomic mass is 10.1. The normalized spacial score (nSPS) is 12.8. The minimum atomic E-state index is -0.467. The molecule has 8 nitrogen and oxygen atoms in total. The molecule has 0 spiro atoms. The Morgan fingerprint density at radius 2 is 1.88 bits per heavy atom. The Balaban J connectivity index is 1.54.